The van der Waals surface area contributed by atoms with E-state index in [2.05, 4.69) is 60.3 Å². The van der Waals surface area contributed by atoms with Crippen molar-refractivity contribution in [1.82, 2.24) is 25.0 Å². The Morgan fingerprint density at radius 2 is 2.07 bits per heavy atom. The number of hydrogen-bond donors (Lipinski definition) is 1. The summed E-state index contributed by atoms with van der Waals surface area (Å²) in [5, 5.41) is 12.4. The van der Waals surface area contributed by atoms with Crippen molar-refractivity contribution in [2.24, 2.45) is 10.9 Å². The van der Waals surface area contributed by atoms with Crippen molar-refractivity contribution in [1.29, 1.82) is 0 Å². The molecule has 1 aromatic carbocycles. The highest BCUT2D eigenvalue weighted by Crippen LogP contribution is 2.25. The van der Waals surface area contributed by atoms with Crippen LogP contribution >= 0.6 is 11.8 Å². The zero-order chi connectivity index (χ0) is 19.9. The molecule has 1 N–H and O–H groups in total. The number of benzene rings is 1. The van der Waals surface area contributed by atoms with Crippen molar-refractivity contribution in [2.75, 3.05) is 32.4 Å². The van der Waals surface area contributed by atoms with Gasteiger partial charge in [-0.15, -0.1) is 22.0 Å². The van der Waals surface area contributed by atoms with Crippen LogP contribution in [0.1, 0.15) is 37.3 Å². The molecule has 0 aliphatic carbocycles. The maximum Gasteiger partial charge on any atom is 0.193 e. The number of likely N-dealkylation sites (tertiary alicyclic amines) is 1. The smallest absolute Gasteiger partial charge is 0.193 e. The lowest BCUT2D eigenvalue weighted by Crippen LogP contribution is -2.41. The molecule has 7 heteroatoms. The molecule has 6 nitrogen and oxygen atoms in total. The number of rotatable bonds is 6. The van der Waals surface area contributed by atoms with E-state index in [-0.39, 0.29) is 0 Å². The van der Waals surface area contributed by atoms with Crippen LogP contribution in [0.4, 0.5) is 0 Å². The van der Waals surface area contributed by atoms with Gasteiger partial charge in [0.25, 0.3) is 0 Å². The van der Waals surface area contributed by atoms with E-state index in [1.165, 1.54) is 42.2 Å². The van der Waals surface area contributed by atoms with Gasteiger partial charge in [0.1, 0.15) is 11.6 Å². The number of aliphatic imine (C=N–C) groups is 1. The standard InChI is InChI=1S/C22H32N6S/c1-23-22(24-13-11-21-26-25-20-10-6-3-7-14-28(20)21)27-15-12-18(16-27)17-29-19-8-4-2-5-9-19/h2,4-5,8-9,18H,3,6-7,10-17H2,1H3,(H,23,24). The molecule has 2 aromatic rings. The van der Waals surface area contributed by atoms with Gasteiger partial charge >= 0.3 is 0 Å². The summed E-state index contributed by atoms with van der Waals surface area (Å²) in [6.07, 6.45) is 6.97. The highest BCUT2D eigenvalue weighted by atomic mass is 32.2. The second-order valence-corrected chi connectivity index (χ2v) is 9.04. The van der Waals surface area contributed by atoms with Crippen LogP contribution in [0.15, 0.2) is 40.2 Å². The number of nitrogens with zero attached hydrogens (tertiary/aromatic N) is 5. The Kier molecular flexibility index (Phi) is 7.09. The number of fused-ring (bicyclic) bond motifs is 1. The minimum absolute atomic E-state index is 0.714. The van der Waals surface area contributed by atoms with Crippen LogP contribution in [-0.2, 0) is 19.4 Å². The molecule has 2 aliphatic heterocycles. The van der Waals surface area contributed by atoms with Gasteiger partial charge < -0.3 is 14.8 Å². The quantitative estimate of drug-likeness (QED) is 0.448. The topological polar surface area (TPSA) is 58.3 Å². The van der Waals surface area contributed by atoms with E-state index in [1.807, 2.05) is 18.8 Å². The molecule has 1 atom stereocenters. The normalized spacial score (nSPS) is 19.8. The van der Waals surface area contributed by atoms with Gasteiger partial charge in [0.2, 0.25) is 0 Å². The molecule has 0 radical (unpaired) electrons. The van der Waals surface area contributed by atoms with E-state index in [0.717, 1.165) is 50.8 Å². The van der Waals surface area contributed by atoms with E-state index in [0.29, 0.717) is 5.92 Å². The van der Waals surface area contributed by atoms with Crippen molar-refractivity contribution in [3.05, 3.63) is 42.0 Å². The Balaban J connectivity index is 1.23. The zero-order valence-corrected chi connectivity index (χ0v) is 18.2. The van der Waals surface area contributed by atoms with Crippen LogP contribution in [0, 0.1) is 5.92 Å². The number of nitrogens with one attached hydrogen (secondary N) is 1. The van der Waals surface area contributed by atoms with E-state index >= 15 is 0 Å². The molecule has 1 saturated heterocycles. The van der Waals surface area contributed by atoms with Gasteiger partial charge in [-0.1, -0.05) is 24.6 Å². The van der Waals surface area contributed by atoms with E-state index in [1.54, 1.807) is 0 Å². The van der Waals surface area contributed by atoms with E-state index in [9.17, 15) is 0 Å². The molecule has 0 bridgehead atoms. The van der Waals surface area contributed by atoms with Gasteiger partial charge in [-0.2, -0.15) is 0 Å². The fourth-order valence-electron chi connectivity index (χ4n) is 4.24. The first-order valence-electron chi connectivity index (χ1n) is 10.9. The SMILES string of the molecule is CN=C(NCCc1nnc2n1CCCCC2)N1CCC(CSc2ccccc2)C1. The molecule has 0 amide bonds. The summed E-state index contributed by atoms with van der Waals surface area (Å²) in [6.45, 7) is 4.09. The van der Waals surface area contributed by atoms with Crippen LogP contribution < -0.4 is 5.32 Å². The van der Waals surface area contributed by atoms with Gasteiger partial charge in [0, 0.05) is 56.7 Å². The van der Waals surface area contributed by atoms with Crippen molar-refractivity contribution in [3.63, 3.8) is 0 Å². The lowest BCUT2D eigenvalue weighted by molar-refractivity contribution is 0.473. The largest absolute Gasteiger partial charge is 0.356 e. The second kappa shape index (κ2) is 10.1. The van der Waals surface area contributed by atoms with Crippen LogP contribution in [0.2, 0.25) is 0 Å². The van der Waals surface area contributed by atoms with Gasteiger partial charge in [0.15, 0.2) is 5.96 Å². The first kappa shape index (κ1) is 20.3. The predicted molar refractivity (Wildman–Crippen MR) is 119 cm³/mol. The molecular formula is C22H32N6S. The van der Waals surface area contributed by atoms with E-state index in [4.69, 9.17) is 0 Å². The molecule has 1 aromatic heterocycles. The Hall–Kier alpha value is -2.02. The average Bonchev–Trinajstić information content (AvgIpc) is 3.31. The third-order valence-corrected chi connectivity index (χ3v) is 7.09. The lowest BCUT2D eigenvalue weighted by Gasteiger charge is -2.21. The minimum atomic E-state index is 0.714. The zero-order valence-electron chi connectivity index (χ0n) is 17.4. The van der Waals surface area contributed by atoms with E-state index < -0.39 is 0 Å². The summed E-state index contributed by atoms with van der Waals surface area (Å²) in [5.74, 6) is 5.19. The summed E-state index contributed by atoms with van der Waals surface area (Å²) >= 11 is 1.96. The fraction of sp³-hybridized carbons (Fsp3) is 0.591. The molecular weight excluding hydrogens is 380 g/mol. The van der Waals surface area contributed by atoms with Crippen molar-refractivity contribution in [2.45, 2.75) is 50.0 Å². The summed E-state index contributed by atoms with van der Waals surface area (Å²) in [7, 11) is 1.89. The van der Waals surface area contributed by atoms with Crippen LogP contribution in [-0.4, -0.2) is 58.1 Å². The Morgan fingerprint density at radius 1 is 1.17 bits per heavy atom. The number of guanidine groups is 1. The second-order valence-electron chi connectivity index (χ2n) is 7.94. The Morgan fingerprint density at radius 3 is 2.93 bits per heavy atom. The van der Waals surface area contributed by atoms with Crippen molar-refractivity contribution in [3.8, 4) is 0 Å². The number of thioether (sulfide) groups is 1. The summed E-state index contributed by atoms with van der Waals surface area (Å²) in [5.41, 5.74) is 0. The molecule has 3 heterocycles. The van der Waals surface area contributed by atoms with Gasteiger partial charge in [-0.25, -0.2) is 0 Å². The molecule has 1 fully saturated rings. The number of aromatic nitrogens is 3. The molecule has 29 heavy (non-hydrogen) atoms. The third-order valence-electron chi connectivity index (χ3n) is 5.84. The maximum absolute atomic E-state index is 4.53. The molecule has 1 unspecified atom stereocenters. The fourth-order valence-corrected chi connectivity index (χ4v) is 5.29. The first-order chi connectivity index (χ1) is 14.3. The van der Waals surface area contributed by atoms with Crippen molar-refractivity contribution < 1.29 is 0 Å². The highest BCUT2D eigenvalue weighted by Gasteiger charge is 2.25. The Bertz CT molecular complexity index is 803. The van der Waals surface area contributed by atoms with Crippen molar-refractivity contribution >= 4 is 17.7 Å². The number of aryl methyl sites for hydroxylation is 1. The first-order valence-corrected chi connectivity index (χ1v) is 11.9. The summed E-state index contributed by atoms with van der Waals surface area (Å²) < 4.78 is 2.34. The summed E-state index contributed by atoms with van der Waals surface area (Å²) in [6, 6.07) is 10.7. The molecule has 156 valence electrons. The molecule has 2 aliphatic rings. The highest BCUT2D eigenvalue weighted by molar-refractivity contribution is 7.99. The molecule has 0 saturated carbocycles. The predicted octanol–water partition coefficient (Wildman–Crippen LogP) is 3.24. The summed E-state index contributed by atoms with van der Waals surface area (Å²) in [4.78, 5) is 8.29. The van der Waals surface area contributed by atoms with Gasteiger partial charge in [0.05, 0.1) is 0 Å². The molecule has 4 rings (SSSR count). The van der Waals surface area contributed by atoms with Crippen LogP contribution in [0.5, 0.6) is 0 Å². The minimum Gasteiger partial charge on any atom is -0.356 e. The van der Waals surface area contributed by atoms with Gasteiger partial charge in [-0.3, -0.25) is 4.99 Å². The van der Waals surface area contributed by atoms with Gasteiger partial charge in [-0.05, 0) is 37.3 Å². The lowest BCUT2D eigenvalue weighted by atomic mass is 10.2. The average molecular weight is 413 g/mol. The Labute approximate surface area is 178 Å². The van der Waals surface area contributed by atoms with Crippen LogP contribution in [0.3, 0.4) is 0 Å². The molecule has 0 spiro atoms. The third kappa shape index (κ3) is 5.32. The number of hydrogen-bond acceptors (Lipinski definition) is 4. The maximum atomic E-state index is 4.53. The van der Waals surface area contributed by atoms with Crippen LogP contribution in [0.25, 0.3) is 0 Å². The monoisotopic (exact) mass is 412 g/mol.